The van der Waals surface area contributed by atoms with Crippen molar-refractivity contribution >= 4 is 27.6 Å². The summed E-state index contributed by atoms with van der Waals surface area (Å²) in [6.45, 7) is 2.48. The zero-order valence-corrected chi connectivity index (χ0v) is 11.6. The second kappa shape index (κ2) is 5.60. The van der Waals surface area contributed by atoms with E-state index in [9.17, 15) is 9.59 Å². The van der Waals surface area contributed by atoms with E-state index in [0.717, 1.165) is 6.42 Å². The van der Waals surface area contributed by atoms with E-state index in [0.29, 0.717) is 25.3 Å². The Bertz CT molecular complexity index is 460. The maximum atomic E-state index is 12.2. The largest absolute Gasteiger partial charge is 0.418 e. The molecule has 0 radical (unpaired) electrons. The Hall–Kier alpha value is -1.24. The van der Waals surface area contributed by atoms with Gasteiger partial charge in [0.25, 0.3) is 5.89 Å². The number of halogens is 1. The zero-order valence-electron chi connectivity index (χ0n) is 10.1. The number of rotatable bonds is 4. The zero-order chi connectivity index (χ0) is 13.1. The van der Waals surface area contributed by atoms with Crippen LogP contribution < -0.4 is 0 Å². The topological polar surface area (TPSA) is 76.3 Å². The minimum Gasteiger partial charge on any atom is -0.418 e. The summed E-state index contributed by atoms with van der Waals surface area (Å²) in [5, 5.41) is 7.73. The van der Waals surface area contributed by atoms with Crippen molar-refractivity contribution in [2.45, 2.75) is 32.2 Å². The number of alkyl halides is 1. The molecule has 2 rings (SSSR count). The molecule has 98 valence electrons. The SMILES string of the molecule is CCc1nnc(C(=O)[C@@H]2CCCN2C(=O)CBr)o1. The van der Waals surface area contributed by atoms with Crippen LogP contribution >= 0.6 is 15.9 Å². The lowest BCUT2D eigenvalue weighted by molar-refractivity contribution is -0.128. The van der Waals surface area contributed by atoms with Gasteiger partial charge in [0.05, 0.1) is 5.33 Å². The fourth-order valence-corrected chi connectivity index (χ4v) is 2.38. The molecule has 0 unspecified atom stereocenters. The molecule has 1 aliphatic heterocycles. The van der Waals surface area contributed by atoms with Crippen LogP contribution in [0.4, 0.5) is 0 Å². The fourth-order valence-electron chi connectivity index (χ4n) is 2.05. The maximum absolute atomic E-state index is 12.2. The van der Waals surface area contributed by atoms with Gasteiger partial charge in [0, 0.05) is 13.0 Å². The molecule has 1 amide bonds. The number of hydrogen-bond donors (Lipinski definition) is 0. The number of carbonyl (C=O) groups excluding carboxylic acids is 2. The second-order valence-corrected chi connectivity index (χ2v) is 4.66. The first-order valence-corrected chi connectivity index (χ1v) is 7.01. The molecule has 18 heavy (non-hydrogen) atoms. The smallest absolute Gasteiger partial charge is 0.286 e. The van der Waals surface area contributed by atoms with Gasteiger partial charge in [-0.05, 0) is 12.8 Å². The minimum absolute atomic E-state index is 0.00567. The van der Waals surface area contributed by atoms with Crippen LogP contribution in [-0.2, 0) is 11.2 Å². The van der Waals surface area contributed by atoms with Crippen molar-refractivity contribution in [3.05, 3.63) is 11.8 Å². The number of aryl methyl sites for hydroxylation is 1. The summed E-state index contributed by atoms with van der Waals surface area (Å²) in [5.41, 5.74) is 0. The summed E-state index contributed by atoms with van der Waals surface area (Å²) < 4.78 is 5.25. The summed E-state index contributed by atoms with van der Waals surface area (Å²) in [5.74, 6) is 0.107. The Balaban J connectivity index is 2.15. The number of aromatic nitrogens is 2. The van der Waals surface area contributed by atoms with Crippen molar-refractivity contribution in [3.63, 3.8) is 0 Å². The molecule has 1 aliphatic rings. The first-order chi connectivity index (χ1) is 8.67. The molecular formula is C11H14BrN3O3. The molecule has 1 atom stereocenters. The van der Waals surface area contributed by atoms with Gasteiger partial charge in [0.1, 0.15) is 6.04 Å². The Morgan fingerprint density at radius 3 is 2.89 bits per heavy atom. The van der Waals surface area contributed by atoms with Crippen LogP contribution in [0.1, 0.15) is 36.3 Å². The summed E-state index contributed by atoms with van der Waals surface area (Å²) >= 11 is 3.12. The average molecular weight is 316 g/mol. The minimum atomic E-state index is -0.458. The maximum Gasteiger partial charge on any atom is 0.286 e. The van der Waals surface area contributed by atoms with E-state index in [-0.39, 0.29) is 22.9 Å². The van der Waals surface area contributed by atoms with E-state index in [1.807, 2.05) is 6.92 Å². The third kappa shape index (κ3) is 2.45. The lowest BCUT2D eigenvalue weighted by Gasteiger charge is -2.21. The second-order valence-electron chi connectivity index (χ2n) is 4.10. The van der Waals surface area contributed by atoms with Crippen LogP contribution in [0.25, 0.3) is 0 Å². The molecule has 1 aromatic rings. The Morgan fingerprint density at radius 1 is 1.50 bits per heavy atom. The number of Topliss-reactive ketones (excluding diaryl/α,β-unsaturated/α-hetero) is 1. The molecule has 6 nitrogen and oxygen atoms in total. The van der Waals surface area contributed by atoms with Crippen molar-refractivity contribution in [1.29, 1.82) is 0 Å². The van der Waals surface area contributed by atoms with Crippen LogP contribution in [0.5, 0.6) is 0 Å². The molecule has 0 bridgehead atoms. The summed E-state index contributed by atoms with van der Waals surface area (Å²) in [6, 6.07) is -0.458. The van der Waals surface area contributed by atoms with Gasteiger partial charge in [0.2, 0.25) is 17.6 Å². The van der Waals surface area contributed by atoms with Gasteiger partial charge in [-0.1, -0.05) is 22.9 Å². The highest BCUT2D eigenvalue weighted by Crippen LogP contribution is 2.21. The summed E-state index contributed by atoms with van der Waals surface area (Å²) in [7, 11) is 0. The number of amides is 1. The van der Waals surface area contributed by atoms with Crippen molar-refractivity contribution in [2.24, 2.45) is 0 Å². The van der Waals surface area contributed by atoms with E-state index < -0.39 is 6.04 Å². The van der Waals surface area contributed by atoms with Crippen LogP contribution in [-0.4, -0.2) is 44.7 Å². The number of likely N-dealkylation sites (tertiary alicyclic amines) is 1. The van der Waals surface area contributed by atoms with E-state index in [4.69, 9.17) is 4.42 Å². The number of hydrogen-bond acceptors (Lipinski definition) is 5. The number of nitrogens with zero attached hydrogens (tertiary/aromatic N) is 3. The van der Waals surface area contributed by atoms with E-state index in [1.165, 1.54) is 0 Å². The van der Waals surface area contributed by atoms with Gasteiger partial charge in [-0.3, -0.25) is 9.59 Å². The van der Waals surface area contributed by atoms with Crippen LogP contribution in [0.2, 0.25) is 0 Å². The van der Waals surface area contributed by atoms with Crippen molar-refractivity contribution in [2.75, 3.05) is 11.9 Å². The highest BCUT2D eigenvalue weighted by atomic mass is 79.9. The van der Waals surface area contributed by atoms with Crippen LogP contribution in [0.3, 0.4) is 0 Å². The first-order valence-electron chi connectivity index (χ1n) is 5.89. The number of ketones is 1. The van der Waals surface area contributed by atoms with Crippen molar-refractivity contribution in [3.8, 4) is 0 Å². The van der Waals surface area contributed by atoms with Crippen molar-refractivity contribution in [1.82, 2.24) is 15.1 Å². The average Bonchev–Trinajstić information content (AvgIpc) is 3.05. The number of carbonyl (C=O) groups is 2. The molecule has 0 spiro atoms. The third-order valence-corrected chi connectivity index (χ3v) is 3.45. The monoisotopic (exact) mass is 315 g/mol. The van der Waals surface area contributed by atoms with Gasteiger partial charge < -0.3 is 9.32 Å². The van der Waals surface area contributed by atoms with Crippen LogP contribution in [0, 0.1) is 0 Å². The lowest BCUT2D eigenvalue weighted by Crippen LogP contribution is -2.41. The van der Waals surface area contributed by atoms with E-state index >= 15 is 0 Å². The molecule has 2 heterocycles. The van der Waals surface area contributed by atoms with E-state index in [2.05, 4.69) is 26.1 Å². The van der Waals surface area contributed by atoms with Gasteiger partial charge >= 0.3 is 0 Å². The van der Waals surface area contributed by atoms with Gasteiger partial charge in [0.15, 0.2) is 0 Å². The predicted molar refractivity (Wildman–Crippen MR) is 66.5 cm³/mol. The van der Waals surface area contributed by atoms with E-state index in [1.54, 1.807) is 4.90 Å². The molecule has 1 fully saturated rings. The molecule has 0 aliphatic carbocycles. The van der Waals surface area contributed by atoms with Crippen molar-refractivity contribution < 1.29 is 14.0 Å². The first kappa shape index (κ1) is 13.2. The fraction of sp³-hybridized carbons (Fsp3) is 0.636. The molecule has 1 saturated heterocycles. The summed E-state index contributed by atoms with van der Waals surface area (Å²) in [4.78, 5) is 25.5. The highest BCUT2D eigenvalue weighted by molar-refractivity contribution is 9.09. The van der Waals surface area contributed by atoms with Gasteiger partial charge in [-0.15, -0.1) is 10.2 Å². The molecule has 0 saturated carbocycles. The molecule has 1 aromatic heterocycles. The summed E-state index contributed by atoms with van der Waals surface area (Å²) in [6.07, 6.45) is 2.07. The van der Waals surface area contributed by atoms with Gasteiger partial charge in [-0.25, -0.2) is 0 Å². The van der Waals surface area contributed by atoms with Gasteiger partial charge in [-0.2, -0.15) is 0 Å². The molecule has 7 heteroatoms. The van der Waals surface area contributed by atoms with Crippen LogP contribution in [0.15, 0.2) is 4.42 Å². The Labute approximate surface area is 113 Å². The molecular weight excluding hydrogens is 302 g/mol. The highest BCUT2D eigenvalue weighted by Gasteiger charge is 2.36. The third-order valence-electron chi connectivity index (χ3n) is 2.97. The quantitative estimate of drug-likeness (QED) is 0.616. The Kier molecular flexibility index (Phi) is 4.11. The molecule has 0 N–H and O–H groups in total. The normalized spacial score (nSPS) is 19.2. The standard InChI is InChI=1S/C11H14BrN3O3/c1-2-8-13-14-11(18-8)10(17)7-4-3-5-15(7)9(16)6-12/h7H,2-6H2,1H3/t7-/m0/s1. The predicted octanol–water partition coefficient (Wildman–Crippen LogP) is 1.20. The lowest BCUT2D eigenvalue weighted by atomic mass is 10.1. The Morgan fingerprint density at radius 2 is 2.28 bits per heavy atom. The molecule has 0 aromatic carbocycles.